The number of terminal acetylenes is 1. The van der Waals surface area contributed by atoms with Crippen LogP contribution in [0.3, 0.4) is 0 Å². The summed E-state index contributed by atoms with van der Waals surface area (Å²) in [6.07, 6.45) is 7.65. The Morgan fingerprint density at radius 3 is 2.84 bits per heavy atom. The van der Waals surface area contributed by atoms with E-state index in [0.717, 1.165) is 13.0 Å². The normalized spacial score (nSPS) is 12.2. The number of hydrogen-bond donors (Lipinski definition) is 1. The molecule has 0 aliphatic heterocycles. The zero-order valence-electron chi connectivity index (χ0n) is 11.5. The molecule has 1 aromatic rings. The lowest BCUT2D eigenvalue weighted by Crippen LogP contribution is -2.30. The van der Waals surface area contributed by atoms with Gasteiger partial charge >= 0.3 is 0 Å². The summed E-state index contributed by atoms with van der Waals surface area (Å²) in [5, 5.41) is 7.25. The molecule has 0 bridgehead atoms. The van der Waals surface area contributed by atoms with E-state index >= 15 is 0 Å². The summed E-state index contributed by atoms with van der Waals surface area (Å²) in [5.41, 5.74) is 0.179. The third-order valence-electron chi connectivity index (χ3n) is 2.68. The van der Waals surface area contributed by atoms with Crippen LogP contribution in [0.5, 0.6) is 0 Å². The quantitative estimate of drug-likeness (QED) is 0.799. The molecule has 1 unspecified atom stereocenters. The molecule has 0 fully saturated rings. The Morgan fingerprint density at radius 1 is 1.63 bits per heavy atom. The van der Waals surface area contributed by atoms with Crippen LogP contribution in [-0.2, 0) is 6.54 Å². The van der Waals surface area contributed by atoms with Gasteiger partial charge in [-0.1, -0.05) is 24.4 Å². The van der Waals surface area contributed by atoms with Crippen molar-refractivity contribution in [3.8, 4) is 12.3 Å². The van der Waals surface area contributed by atoms with Crippen molar-refractivity contribution in [1.82, 2.24) is 14.7 Å². The first-order chi connectivity index (χ1) is 8.99. The van der Waals surface area contributed by atoms with Gasteiger partial charge in [0.2, 0.25) is 0 Å². The summed E-state index contributed by atoms with van der Waals surface area (Å²) < 4.78 is 1.35. The maximum absolute atomic E-state index is 12.0. The molecule has 0 aromatic carbocycles. The van der Waals surface area contributed by atoms with Crippen LogP contribution in [0, 0.1) is 12.3 Å². The first-order valence-electron chi connectivity index (χ1n) is 6.12. The molecule has 5 nitrogen and oxygen atoms in total. The van der Waals surface area contributed by atoms with Crippen molar-refractivity contribution in [2.45, 2.75) is 25.9 Å². The lowest BCUT2D eigenvalue weighted by molar-refractivity contribution is 0.367. The minimum Gasteiger partial charge on any atom is -0.369 e. The van der Waals surface area contributed by atoms with Gasteiger partial charge in [0, 0.05) is 6.54 Å². The number of halogens is 1. The average Bonchev–Trinajstić information content (AvgIpc) is 2.39. The van der Waals surface area contributed by atoms with Crippen molar-refractivity contribution in [3.05, 3.63) is 21.6 Å². The Kier molecular flexibility index (Phi) is 5.87. The molecule has 19 heavy (non-hydrogen) atoms. The molecule has 0 saturated carbocycles. The molecule has 0 aliphatic carbocycles. The van der Waals surface area contributed by atoms with Gasteiger partial charge in [0.05, 0.1) is 24.5 Å². The fourth-order valence-electron chi connectivity index (χ4n) is 1.47. The van der Waals surface area contributed by atoms with E-state index in [9.17, 15) is 4.79 Å². The highest BCUT2D eigenvalue weighted by atomic mass is 35.5. The third-order valence-corrected chi connectivity index (χ3v) is 3.05. The zero-order chi connectivity index (χ0) is 14.4. The van der Waals surface area contributed by atoms with Gasteiger partial charge in [-0.3, -0.25) is 4.79 Å². The lowest BCUT2D eigenvalue weighted by Gasteiger charge is -2.15. The van der Waals surface area contributed by atoms with Crippen molar-refractivity contribution in [2.24, 2.45) is 0 Å². The van der Waals surface area contributed by atoms with Crippen molar-refractivity contribution >= 4 is 17.3 Å². The van der Waals surface area contributed by atoms with Gasteiger partial charge in [-0.2, -0.15) is 5.10 Å². The van der Waals surface area contributed by atoms with Crippen LogP contribution >= 0.6 is 11.6 Å². The molecule has 6 heteroatoms. The van der Waals surface area contributed by atoms with Crippen LogP contribution in [0.25, 0.3) is 0 Å². The zero-order valence-corrected chi connectivity index (χ0v) is 12.2. The summed E-state index contributed by atoms with van der Waals surface area (Å²) in [5.74, 6) is 2.59. The summed E-state index contributed by atoms with van der Waals surface area (Å²) in [4.78, 5) is 14.0. The third kappa shape index (κ3) is 4.27. The van der Waals surface area contributed by atoms with Gasteiger partial charge in [-0.25, -0.2) is 4.68 Å². The molecule has 1 heterocycles. The van der Waals surface area contributed by atoms with Crippen LogP contribution in [0.4, 0.5) is 5.69 Å². The van der Waals surface area contributed by atoms with Gasteiger partial charge in [0.25, 0.3) is 5.56 Å². The van der Waals surface area contributed by atoms with Crippen LogP contribution < -0.4 is 10.9 Å². The largest absolute Gasteiger partial charge is 0.369 e. The SMILES string of the molecule is C#CC(CC)Nc1cnn(CCN(C)C)c(=O)c1Cl. The van der Waals surface area contributed by atoms with E-state index in [0.29, 0.717) is 12.2 Å². The highest BCUT2D eigenvalue weighted by molar-refractivity contribution is 6.32. The van der Waals surface area contributed by atoms with Crippen molar-refractivity contribution < 1.29 is 0 Å². The monoisotopic (exact) mass is 282 g/mol. The van der Waals surface area contributed by atoms with Crippen LogP contribution in [0.1, 0.15) is 13.3 Å². The van der Waals surface area contributed by atoms with E-state index in [1.54, 1.807) is 6.20 Å². The van der Waals surface area contributed by atoms with Crippen LogP contribution in [-0.4, -0.2) is 41.4 Å². The minimum absolute atomic E-state index is 0.127. The van der Waals surface area contributed by atoms with Gasteiger partial charge in [-0.15, -0.1) is 6.42 Å². The van der Waals surface area contributed by atoms with Crippen LogP contribution in [0.2, 0.25) is 5.02 Å². The first kappa shape index (κ1) is 15.5. The van der Waals surface area contributed by atoms with Crippen molar-refractivity contribution in [2.75, 3.05) is 26.0 Å². The number of nitrogens with zero attached hydrogens (tertiary/aromatic N) is 3. The van der Waals surface area contributed by atoms with E-state index in [2.05, 4.69) is 16.3 Å². The van der Waals surface area contributed by atoms with Crippen molar-refractivity contribution in [1.29, 1.82) is 0 Å². The highest BCUT2D eigenvalue weighted by Gasteiger charge is 2.11. The second-order valence-corrected chi connectivity index (χ2v) is 4.85. The van der Waals surface area contributed by atoms with E-state index in [1.165, 1.54) is 4.68 Å². The standard InChI is InChI=1S/C13H19ClN4O/c1-5-10(6-2)16-11-9-15-18(8-7-17(3)4)13(19)12(11)14/h1,9-10,16H,6-8H2,2-4H3. The van der Waals surface area contributed by atoms with Gasteiger partial charge in [0.15, 0.2) is 0 Å². The maximum Gasteiger partial charge on any atom is 0.287 e. The fourth-order valence-corrected chi connectivity index (χ4v) is 1.67. The molecule has 1 atom stereocenters. The summed E-state index contributed by atoms with van der Waals surface area (Å²) in [7, 11) is 3.86. The van der Waals surface area contributed by atoms with Gasteiger partial charge < -0.3 is 10.2 Å². The van der Waals surface area contributed by atoms with E-state index in [-0.39, 0.29) is 16.6 Å². The van der Waals surface area contributed by atoms with Gasteiger partial charge in [-0.05, 0) is 20.5 Å². The number of rotatable bonds is 6. The Labute approximate surface area is 118 Å². The highest BCUT2D eigenvalue weighted by Crippen LogP contribution is 2.16. The Bertz CT molecular complexity index is 518. The Morgan fingerprint density at radius 2 is 2.32 bits per heavy atom. The molecule has 1 aromatic heterocycles. The summed E-state index contributed by atoms with van der Waals surface area (Å²) >= 11 is 6.05. The molecule has 0 radical (unpaired) electrons. The van der Waals surface area contributed by atoms with Gasteiger partial charge in [0.1, 0.15) is 5.02 Å². The Hall–Kier alpha value is -1.51. The number of anilines is 1. The Balaban J connectivity index is 2.92. The van der Waals surface area contributed by atoms with Crippen molar-refractivity contribution in [3.63, 3.8) is 0 Å². The molecule has 1 N–H and O–H groups in total. The summed E-state index contributed by atoms with van der Waals surface area (Å²) in [6.45, 7) is 3.17. The molecule has 0 aliphatic rings. The molecular formula is C13H19ClN4O. The number of hydrogen-bond acceptors (Lipinski definition) is 4. The number of aromatic nitrogens is 2. The smallest absolute Gasteiger partial charge is 0.287 e. The predicted octanol–water partition coefficient (Wildman–Crippen LogP) is 1.28. The number of nitrogens with one attached hydrogen (secondary N) is 1. The molecular weight excluding hydrogens is 264 g/mol. The van der Waals surface area contributed by atoms with E-state index < -0.39 is 0 Å². The summed E-state index contributed by atoms with van der Waals surface area (Å²) in [6, 6.07) is -0.156. The fraction of sp³-hybridized carbons (Fsp3) is 0.538. The topological polar surface area (TPSA) is 50.2 Å². The molecule has 104 valence electrons. The molecule has 0 saturated heterocycles. The number of likely N-dealkylation sites (N-methyl/N-ethyl adjacent to an activating group) is 1. The van der Waals surface area contributed by atoms with Crippen LogP contribution in [0.15, 0.2) is 11.0 Å². The molecule has 0 amide bonds. The second kappa shape index (κ2) is 7.17. The first-order valence-corrected chi connectivity index (χ1v) is 6.50. The average molecular weight is 283 g/mol. The lowest BCUT2D eigenvalue weighted by atomic mass is 10.2. The maximum atomic E-state index is 12.0. The minimum atomic E-state index is -0.305. The van der Waals surface area contributed by atoms with E-state index in [1.807, 2.05) is 25.9 Å². The second-order valence-electron chi connectivity index (χ2n) is 4.48. The molecule has 0 spiro atoms. The van der Waals surface area contributed by atoms with E-state index in [4.69, 9.17) is 18.0 Å². The molecule has 1 rings (SSSR count). The predicted molar refractivity (Wildman–Crippen MR) is 78.6 cm³/mol.